The molecular weight excluding hydrogens is 438 g/mol. The Morgan fingerprint density at radius 2 is 1.82 bits per heavy atom. The summed E-state index contributed by atoms with van der Waals surface area (Å²) in [6.07, 6.45) is 3.80. The predicted molar refractivity (Wildman–Crippen MR) is 126 cm³/mol. The van der Waals surface area contributed by atoms with Crippen LogP contribution < -0.4 is 15.5 Å². The van der Waals surface area contributed by atoms with E-state index in [1.165, 1.54) is 0 Å². The third-order valence-electron chi connectivity index (χ3n) is 6.92. The lowest BCUT2D eigenvalue weighted by atomic mass is 10.0. The molecule has 34 heavy (non-hydrogen) atoms. The van der Waals surface area contributed by atoms with E-state index in [2.05, 4.69) is 26.5 Å². The Balaban J connectivity index is 1.23. The monoisotopic (exact) mass is 471 g/mol. The molecule has 1 aromatic carbocycles. The van der Waals surface area contributed by atoms with Crippen molar-refractivity contribution < 1.29 is 24.3 Å². The van der Waals surface area contributed by atoms with Gasteiger partial charge in [-0.1, -0.05) is 12.8 Å². The molecule has 1 atom stereocenters. The third-order valence-corrected chi connectivity index (χ3v) is 6.92. The Bertz CT molecular complexity index is 944. The number of nitrogens with zero attached hydrogens (tertiary/aromatic N) is 3. The van der Waals surface area contributed by atoms with Crippen LogP contribution in [0, 0.1) is 0 Å². The summed E-state index contributed by atoms with van der Waals surface area (Å²) in [7, 11) is 0. The summed E-state index contributed by atoms with van der Waals surface area (Å²) in [6.45, 7) is 5.79. The van der Waals surface area contributed by atoms with E-state index in [0.29, 0.717) is 25.1 Å². The molecule has 3 heterocycles. The van der Waals surface area contributed by atoms with Gasteiger partial charge < -0.3 is 20.2 Å². The maximum Gasteiger partial charge on any atom is 0.404 e. The zero-order valence-electron chi connectivity index (χ0n) is 19.4. The Labute approximate surface area is 199 Å². The van der Waals surface area contributed by atoms with Gasteiger partial charge in [0.05, 0.1) is 0 Å². The van der Waals surface area contributed by atoms with Gasteiger partial charge >= 0.3 is 6.09 Å². The molecule has 1 aromatic rings. The lowest BCUT2D eigenvalue weighted by Crippen LogP contribution is -2.52. The van der Waals surface area contributed by atoms with E-state index < -0.39 is 12.1 Å². The average Bonchev–Trinajstić information content (AvgIpc) is 3.14. The fraction of sp³-hybridized carbons (Fsp3) is 0.583. The number of hydrogen-bond acceptors (Lipinski definition) is 6. The van der Waals surface area contributed by atoms with E-state index in [-0.39, 0.29) is 24.1 Å². The Hall–Kier alpha value is -3.14. The first-order valence-electron chi connectivity index (χ1n) is 12.1. The molecule has 2 fully saturated rings. The van der Waals surface area contributed by atoms with Crippen LogP contribution >= 0.6 is 0 Å². The third kappa shape index (κ3) is 5.67. The number of carbonyl (C=O) groups excluding carboxylic acids is 3. The van der Waals surface area contributed by atoms with E-state index in [9.17, 15) is 19.2 Å². The van der Waals surface area contributed by atoms with Gasteiger partial charge in [0, 0.05) is 56.9 Å². The minimum atomic E-state index is -0.959. The molecule has 2 saturated heterocycles. The van der Waals surface area contributed by atoms with E-state index in [1.54, 1.807) is 4.90 Å². The normalized spacial score (nSPS) is 20.9. The number of unbranched alkanes of at least 4 members (excludes halogenated alkanes) is 3. The van der Waals surface area contributed by atoms with Crippen LogP contribution in [0.1, 0.15) is 54.4 Å². The zero-order chi connectivity index (χ0) is 24.1. The molecule has 0 aromatic heterocycles. The number of anilines is 1. The molecule has 184 valence electrons. The summed E-state index contributed by atoms with van der Waals surface area (Å²) in [5, 5.41) is 13.3. The van der Waals surface area contributed by atoms with Crippen molar-refractivity contribution in [3.05, 3.63) is 29.3 Å². The fourth-order valence-corrected chi connectivity index (χ4v) is 5.00. The Morgan fingerprint density at radius 3 is 2.56 bits per heavy atom. The quantitative estimate of drug-likeness (QED) is 0.368. The Kier molecular flexibility index (Phi) is 7.66. The number of carboxylic acid groups (broad SMARTS) is 1. The van der Waals surface area contributed by atoms with Crippen molar-refractivity contribution in [2.75, 3.05) is 44.2 Å². The van der Waals surface area contributed by atoms with E-state index in [4.69, 9.17) is 5.11 Å². The Morgan fingerprint density at radius 1 is 1.06 bits per heavy atom. The first kappa shape index (κ1) is 24.0. The van der Waals surface area contributed by atoms with Crippen molar-refractivity contribution in [2.45, 2.75) is 51.1 Å². The molecular formula is C24H33N5O5. The van der Waals surface area contributed by atoms with Gasteiger partial charge in [-0.25, -0.2) is 4.79 Å². The molecule has 0 bridgehead atoms. The van der Waals surface area contributed by atoms with Gasteiger partial charge in [0.25, 0.3) is 5.91 Å². The van der Waals surface area contributed by atoms with Crippen molar-refractivity contribution >= 4 is 29.5 Å². The van der Waals surface area contributed by atoms with Crippen LogP contribution in [-0.4, -0.2) is 84.0 Å². The molecule has 10 heteroatoms. The SMILES string of the molecule is O=C(O)NCCCCCCN1CCN(c2ccc3c(c2)CN(C2CCC(=O)NC2=O)C3=O)CC1. The number of hydrogen-bond donors (Lipinski definition) is 3. The average molecular weight is 472 g/mol. The number of benzene rings is 1. The molecule has 10 nitrogen and oxygen atoms in total. The van der Waals surface area contributed by atoms with Crippen LogP contribution in [0.25, 0.3) is 0 Å². The summed E-state index contributed by atoms with van der Waals surface area (Å²) >= 11 is 0. The molecule has 3 aliphatic rings. The van der Waals surface area contributed by atoms with Gasteiger partial charge in [0.1, 0.15) is 6.04 Å². The number of fused-ring (bicyclic) bond motifs is 1. The second-order valence-corrected chi connectivity index (χ2v) is 9.22. The smallest absolute Gasteiger partial charge is 0.404 e. The second kappa shape index (κ2) is 10.9. The highest BCUT2D eigenvalue weighted by Crippen LogP contribution is 2.31. The van der Waals surface area contributed by atoms with E-state index in [0.717, 1.165) is 69.7 Å². The molecule has 1 unspecified atom stereocenters. The highest BCUT2D eigenvalue weighted by molar-refractivity contribution is 6.05. The van der Waals surface area contributed by atoms with Gasteiger partial charge in [-0.2, -0.15) is 0 Å². The number of piperazine rings is 1. The van der Waals surface area contributed by atoms with E-state index >= 15 is 0 Å². The summed E-state index contributed by atoms with van der Waals surface area (Å²) < 4.78 is 0. The van der Waals surface area contributed by atoms with Crippen molar-refractivity contribution in [2.24, 2.45) is 0 Å². The van der Waals surface area contributed by atoms with Crippen molar-refractivity contribution in [1.29, 1.82) is 0 Å². The molecule has 0 spiro atoms. The van der Waals surface area contributed by atoms with Crippen LogP contribution in [0.15, 0.2) is 18.2 Å². The van der Waals surface area contributed by atoms with Crippen molar-refractivity contribution in [3.8, 4) is 0 Å². The number of imide groups is 1. The summed E-state index contributed by atoms with van der Waals surface area (Å²) in [5.41, 5.74) is 2.68. The highest BCUT2D eigenvalue weighted by Gasteiger charge is 2.39. The molecule has 4 amide bonds. The maximum absolute atomic E-state index is 12.9. The van der Waals surface area contributed by atoms with E-state index in [1.807, 2.05) is 12.1 Å². The predicted octanol–water partition coefficient (Wildman–Crippen LogP) is 1.40. The van der Waals surface area contributed by atoms with Gasteiger partial charge in [-0.05, 0) is 49.6 Å². The first-order valence-corrected chi connectivity index (χ1v) is 12.1. The van der Waals surface area contributed by atoms with Gasteiger partial charge in [0.15, 0.2) is 0 Å². The van der Waals surface area contributed by atoms with Gasteiger partial charge in [-0.3, -0.25) is 24.6 Å². The number of amides is 4. The lowest BCUT2D eigenvalue weighted by molar-refractivity contribution is -0.136. The number of rotatable bonds is 9. The van der Waals surface area contributed by atoms with Crippen LogP contribution in [0.5, 0.6) is 0 Å². The molecule has 3 N–H and O–H groups in total. The van der Waals surface area contributed by atoms with Crippen LogP contribution in [0.3, 0.4) is 0 Å². The summed E-state index contributed by atoms with van der Waals surface area (Å²) in [4.78, 5) is 53.4. The fourth-order valence-electron chi connectivity index (χ4n) is 5.00. The minimum absolute atomic E-state index is 0.139. The zero-order valence-corrected chi connectivity index (χ0v) is 19.4. The first-order chi connectivity index (χ1) is 16.4. The number of carbonyl (C=O) groups is 4. The number of piperidine rings is 1. The highest BCUT2D eigenvalue weighted by atomic mass is 16.4. The topological polar surface area (TPSA) is 122 Å². The molecule has 4 rings (SSSR count). The molecule has 0 saturated carbocycles. The molecule has 3 aliphatic heterocycles. The van der Waals surface area contributed by atoms with Crippen LogP contribution in [-0.2, 0) is 16.1 Å². The van der Waals surface area contributed by atoms with Gasteiger partial charge in [0.2, 0.25) is 11.8 Å². The van der Waals surface area contributed by atoms with Crippen LogP contribution in [0.4, 0.5) is 10.5 Å². The van der Waals surface area contributed by atoms with Crippen molar-refractivity contribution in [1.82, 2.24) is 20.4 Å². The van der Waals surface area contributed by atoms with Gasteiger partial charge in [-0.15, -0.1) is 0 Å². The molecule has 0 aliphatic carbocycles. The number of nitrogens with one attached hydrogen (secondary N) is 2. The standard InChI is InChI=1S/C24H33N5O5/c30-21-8-7-20(22(31)26-21)29-16-17-15-18(5-6-19(17)23(29)32)28-13-11-27(12-14-28)10-4-2-1-3-9-25-24(33)34/h5-6,15,20,25H,1-4,7-14,16H2,(H,33,34)(H,26,30,31). The molecule has 0 radical (unpaired) electrons. The maximum atomic E-state index is 12.9. The lowest BCUT2D eigenvalue weighted by Gasteiger charge is -2.36. The minimum Gasteiger partial charge on any atom is -0.465 e. The second-order valence-electron chi connectivity index (χ2n) is 9.22. The van der Waals surface area contributed by atoms with Crippen LogP contribution in [0.2, 0.25) is 0 Å². The summed E-state index contributed by atoms with van der Waals surface area (Å²) in [5.74, 6) is -0.801. The summed E-state index contributed by atoms with van der Waals surface area (Å²) in [6, 6.07) is 5.34. The largest absolute Gasteiger partial charge is 0.465 e. The van der Waals surface area contributed by atoms with Crippen molar-refractivity contribution in [3.63, 3.8) is 0 Å².